The molecule has 0 heterocycles. The van der Waals surface area contributed by atoms with Crippen molar-refractivity contribution in [2.75, 3.05) is 26.1 Å². The molecule has 0 atom stereocenters. The molecule has 0 saturated carbocycles. The van der Waals surface area contributed by atoms with Crippen molar-refractivity contribution in [1.29, 1.82) is 0 Å². The van der Waals surface area contributed by atoms with Crippen molar-refractivity contribution in [2.45, 2.75) is 18.2 Å². The van der Waals surface area contributed by atoms with Crippen LogP contribution in [0.15, 0.2) is 41.3 Å². The molecule has 0 saturated heterocycles. The van der Waals surface area contributed by atoms with E-state index in [0.29, 0.717) is 35.2 Å². The molecule has 0 bridgehead atoms. The Balaban J connectivity index is 2.31. The first kappa shape index (κ1) is 21.0. The Hall–Kier alpha value is -2.29. The standard InChI is InChI=1S/C18H21ClN2O5S/c1-4-8-20-27(23,24)13-7-5-6-12(9-13)18(22)21-15-11-16(25-2)14(19)10-17(15)26-3/h5-7,9-11,20H,4,8H2,1-3H3,(H,21,22). The number of hydrogen-bond acceptors (Lipinski definition) is 5. The van der Waals surface area contributed by atoms with Gasteiger partial charge in [0.1, 0.15) is 11.5 Å². The number of benzene rings is 2. The van der Waals surface area contributed by atoms with Gasteiger partial charge in [0.05, 0.1) is 29.8 Å². The number of rotatable bonds is 8. The van der Waals surface area contributed by atoms with Gasteiger partial charge in [-0.2, -0.15) is 0 Å². The van der Waals surface area contributed by atoms with Crippen LogP contribution < -0.4 is 19.5 Å². The van der Waals surface area contributed by atoms with Crippen molar-refractivity contribution in [1.82, 2.24) is 4.72 Å². The van der Waals surface area contributed by atoms with Crippen LogP contribution in [-0.4, -0.2) is 35.1 Å². The van der Waals surface area contributed by atoms with Crippen LogP contribution in [-0.2, 0) is 10.0 Å². The van der Waals surface area contributed by atoms with E-state index in [1.807, 2.05) is 6.92 Å². The highest BCUT2D eigenvalue weighted by Gasteiger charge is 2.17. The van der Waals surface area contributed by atoms with E-state index in [4.69, 9.17) is 21.1 Å². The van der Waals surface area contributed by atoms with Crippen molar-refractivity contribution in [2.24, 2.45) is 0 Å². The van der Waals surface area contributed by atoms with E-state index in [0.717, 1.165) is 0 Å². The van der Waals surface area contributed by atoms with Crippen LogP contribution in [0.3, 0.4) is 0 Å². The molecule has 0 radical (unpaired) electrons. The highest BCUT2D eigenvalue weighted by molar-refractivity contribution is 7.89. The minimum absolute atomic E-state index is 0.0178. The number of methoxy groups -OCH3 is 2. The van der Waals surface area contributed by atoms with E-state index in [9.17, 15) is 13.2 Å². The van der Waals surface area contributed by atoms with E-state index in [1.165, 1.54) is 50.6 Å². The highest BCUT2D eigenvalue weighted by atomic mass is 35.5. The zero-order chi connectivity index (χ0) is 20.0. The van der Waals surface area contributed by atoms with E-state index in [-0.39, 0.29) is 10.5 Å². The molecule has 146 valence electrons. The number of carbonyl (C=O) groups excluding carboxylic acids is 1. The van der Waals surface area contributed by atoms with E-state index in [1.54, 1.807) is 0 Å². The van der Waals surface area contributed by atoms with Crippen molar-refractivity contribution in [3.63, 3.8) is 0 Å². The fourth-order valence-electron chi connectivity index (χ4n) is 2.28. The molecule has 27 heavy (non-hydrogen) atoms. The number of halogens is 1. The zero-order valence-corrected chi connectivity index (χ0v) is 16.8. The van der Waals surface area contributed by atoms with Gasteiger partial charge >= 0.3 is 0 Å². The summed E-state index contributed by atoms with van der Waals surface area (Å²) in [6.45, 7) is 2.18. The third-order valence-corrected chi connectivity index (χ3v) is 5.42. The highest BCUT2D eigenvalue weighted by Crippen LogP contribution is 2.36. The number of nitrogens with one attached hydrogen (secondary N) is 2. The maximum atomic E-state index is 12.6. The zero-order valence-electron chi connectivity index (χ0n) is 15.2. The van der Waals surface area contributed by atoms with Gasteiger partial charge in [0, 0.05) is 24.2 Å². The van der Waals surface area contributed by atoms with Crippen LogP contribution in [0.4, 0.5) is 5.69 Å². The maximum Gasteiger partial charge on any atom is 0.255 e. The fraction of sp³-hybridized carbons (Fsp3) is 0.278. The summed E-state index contributed by atoms with van der Waals surface area (Å²) in [5.41, 5.74) is 0.534. The van der Waals surface area contributed by atoms with Gasteiger partial charge in [0.2, 0.25) is 10.0 Å². The number of carbonyl (C=O) groups is 1. The van der Waals surface area contributed by atoms with Gasteiger partial charge in [0.15, 0.2) is 0 Å². The second-order valence-corrected chi connectivity index (χ2v) is 7.74. The molecule has 0 aliphatic heterocycles. The maximum absolute atomic E-state index is 12.6. The molecule has 0 aliphatic carbocycles. The molecule has 0 spiro atoms. The first-order valence-corrected chi connectivity index (χ1v) is 10.0. The Kier molecular flexibility index (Phi) is 7.06. The second kappa shape index (κ2) is 9.07. The SMILES string of the molecule is CCCNS(=O)(=O)c1cccc(C(=O)Nc2cc(OC)c(Cl)cc2OC)c1. The molecule has 9 heteroatoms. The van der Waals surface area contributed by atoms with E-state index >= 15 is 0 Å². The summed E-state index contributed by atoms with van der Waals surface area (Å²) < 4.78 is 37.3. The molecule has 0 unspecified atom stereocenters. The summed E-state index contributed by atoms with van der Waals surface area (Å²) in [6.07, 6.45) is 0.664. The molecule has 2 aromatic rings. The third kappa shape index (κ3) is 5.12. The lowest BCUT2D eigenvalue weighted by atomic mass is 10.2. The fourth-order valence-corrected chi connectivity index (χ4v) is 3.69. The van der Waals surface area contributed by atoms with Crippen molar-refractivity contribution >= 4 is 33.2 Å². The number of sulfonamides is 1. The molecule has 7 nitrogen and oxygen atoms in total. The normalized spacial score (nSPS) is 11.1. The van der Waals surface area contributed by atoms with Gasteiger partial charge < -0.3 is 14.8 Å². The van der Waals surface area contributed by atoms with Crippen molar-refractivity contribution in [3.8, 4) is 11.5 Å². The van der Waals surface area contributed by atoms with E-state index in [2.05, 4.69) is 10.0 Å². The second-order valence-electron chi connectivity index (χ2n) is 5.57. The van der Waals surface area contributed by atoms with Gasteiger partial charge in [-0.1, -0.05) is 24.6 Å². The van der Waals surface area contributed by atoms with Crippen LogP contribution in [0.25, 0.3) is 0 Å². The Labute approximate surface area is 163 Å². The monoisotopic (exact) mass is 412 g/mol. The Bertz CT molecular complexity index is 931. The quantitative estimate of drug-likeness (QED) is 0.693. The lowest BCUT2D eigenvalue weighted by Crippen LogP contribution is -2.24. The molecule has 1 amide bonds. The third-order valence-electron chi connectivity index (χ3n) is 3.67. The lowest BCUT2D eigenvalue weighted by Gasteiger charge is -2.13. The summed E-state index contributed by atoms with van der Waals surface area (Å²) in [5, 5.41) is 3.02. The molecule has 2 N–H and O–H groups in total. The molecule has 0 aliphatic rings. The van der Waals surface area contributed by atoms with Crippen LogP contribution in [0.5, 0.6) is 11.5 Å². The Morgan fingerprint density at radius 3 is 2.44 bits per heavy atom. The summed E-state index contributed by atoms with van der Waals surface area (Å²) in [4.78, 5) is 12.6. The summed E-state index contributed by atoms with van der Waals surface area (Å²) in [6, 6.07) is 8.82. The molecule has 2 rings (SSSR count). The van der Waals surface area contributed by atoms with Gasteiger partial charge in [-0.3, -0.25) is 4.79 Å². The largest absolute Gasteiger partial charge is 0.495 e. The number of anilines is 1. The average molecular weight is 413 g/mol. The van der Waals surface area contributed by atoms with Crippen LogP contribution >= 0.6 is 11.6 Å². The Morgan fingerprint density at radius 1 is 1.11 bits per heavy atom. The number of ether oxygens (including phenoxy) is 2. The van der Waals surface area contributed by atoms with Crippen LogP contribution in [0, 0.1) is 0 Å². The summed E-state index contributed by atoms with van der Waals surface area (Å²) in [7, 11) is -0.772. The first-order chi connectivity index (χ1) is 12.8. The number of hydrogen-bond donors (Lipinski definition) is 2. The van der Waals surface area contributed by atoms with Gasteiger partial charge in [-0.05, 0) is 24.6 Å². The summed E-state index contributed by atoms with van der Waals surface area (Å²) in [5.74, 6) is 0.223. The van der Waals surface area contributed by atoms with Crippen LogP contribution in [0.2, 0.25) is 5.02 Å². The van der Waals surface area contributed by atoms with Gasteiger partial charge in [-0.25, -0.2) is 13.1 Å². The smallest absolute Gasteiger partial charge is 0.255 e. The molecule has 0 fully saturated rings. The van der Waals surface area contributed by atoms with Gasteiger partial charge in [0.25, 0.3) is 5.91 Å². The first-order valence-electron chi connectivity index (χ1n) is 8.15. The van der Waals surface area contributed by atoms with Crippen molar-refractivity contribution in [3.05, 3.63) is 47.0 Å². The predicted octanol–water partition coefficient (Wildman–Crippen LogP) is 3.30. The Morgan fingerprint density at radius 2 is 1.81 bits per heavy atom. The number of amides is 1. The molecular weight excluding hydrogens is 392 g/mol. The molecule has 2 aromatic carbocycles. The topological polar surface area (TPSA) is 93.7 Å². The molecular formula is C18H21ClN2O5S. The summed E-state index contributed by atoms with van der Waals surface area (Å²) >= 11 is 6.06. The minimum Gasteiger partial charge on any atom is -0.495 e. The lowest BCUT2D eigenvalue weighted by molar-refractivity contribution is 0.102. The minimum atomic E-state index is -3.67. The van der Waals surface area contributed by atoms with E-state index < -0.39 is 15.9 Å². The predicted molar refractivity (Wildman–Crippen MR) is 104 cm³/mol. The molecule has 0 aromatic heterocycles. The average Bonchev–Trinajstić information content (AvgIpc) is 2.67. The van der Waals surface area contributed by atoms with Gasteiger partial charge in [-0.15, -0.1) is 0 Å². The van der Waals surface area contributed by atoms with Crippen LogP contribution in [0.1, 0.15) is 23.7 Å². The van der Waals surface area contributed by atoms with Crippen molar-refractivity contribution < 1.29 is 22.7 Å².